The van der Waals surface area contributed by atoms with Crippen molar-refractivity contribution < 1.29 is 4.39 Å². The van der Waals surface area contributed by atoms with E-state index in [1.807, 2.05) is 31.2 Å². The Morgan fingerprint density at radius 1 is 1.00 bits per heavy atom. The van der Waals surface area contributed by atoms with Gasteiger partial charge in [-0.3, -0.25) is 0 Å². The van der Waals surface area contributed by atoms with Gasteiger partial charge in [-0.05, 0) is 48.2 Å². The molecule has 0 aliphatic rings. The fourth-order valence-electron chi connectivity index (χ4n) is 1.71. The van der Waals surface area contributed by atoms with E-state index in [-0.39, 0.29) is 5.82 Å². The summed E-state index contributed by atoms with van der Waals surface area (Å²) in [6.07, 6.45) is 0. The normalized spacial score (nSPS) is 10.3. The van der Waals surface area contributed by atoms with E-state index in [1.54, 1.807) is 12.1 Å². The molecule has 0 fully saturated rings. The highest BCUT2D eigenvalue weighted by Crippen LogP contribution is 2.26. The summed E-state index contributed by atoms with van der Waals surface area (Å²) in [7, 11) is 0. The summed E-state index contributed by atoms with van der Waals surface area (Å²) in [5, 5.41) is 0. The Labute approximate surface area is 89.4 Å². The topological polar surface area (TPSA) is 0 Å². The molecule has 15 heavy (non-hydrogen) atoms. The van der Waals surface area contributed by atoms with Gasteiger partial charge < -0.3 is 0 Å². The van der Waals surface area contributed by atoms with Gasteiger partial charge in [0, 0.05) is 0 Å². The Kier molecular flexibility index (Phi) is 2.55. The Hall–Kier alpha value is -1.63. The van der Waals surface area contributed by atoms with Crippen LogP contribution in [0.25, 0.3) is 11.1 Å². The van der Waals surface area contributed by atoms with E-state index in [2.05, 4.69) is 6.92 Å². The molecule has 0 spiro atoms. The lowest BCUT2D eigenvalue weighted by Gasteiger charge is -2.08. The average molecular weight is 199 g/mol. The van der Waals surface area contributed by atoms with Gasteiger partial charge in [0.05, 0.1) is 0 Å². The van der Waals surface area contributed by atoms with Crippen LogP contribution in [0.3, 0.4) is 0 Å². The van der Waals surface area contributed by atoms with Crippen molar-refractivity contribution in [2.45, 2.75) is 6.92 Å². The third kappa shape index (κ3) is 1.91. The van der Waals surface area contributed by atoms with E-state index < -0.39 is 0 Å². The van der Waals surface area contributed by atoms with Crippen LogP contribution in [0.2, 0.25) is 0 Å². The smallest absolute Gasteiger partial charge is 0.123 e. The van der Waals surface area contributed by atoms with Gasteiger partial charge in [0.2, 0.25) is 0 Å². The van der Waals surface area contributed by atoms with Crippen molar-refractivity contribution in [1.29, 1.82) is 0 Å². The van der Waals surface area contributed by atoms with Crippen LogP contribution in [0, 0.1) is 19.7 Å². The molecule has 0 bridgehead atoms. The van der Waals surface area contributed by atoms with E-state index in [0.29, 0.717) is 0 Å². The average Bonchev–Trinajstić information content (AvgIpc) is 2.20. The van der Waals surface area contributed by atoms with Gasteiger partial charge in [0.15, 0.2) is 0 Å². The zero-order valence-electron chi connectivity index (χ0n) is 8.63. The Bertz CT molecular complexity index is 486. The molecular weight excluding hydrogens is 187 g/mol. The molecule has 0 N–H and O–H groups in total. The minimum absolute atomic E-state index is 0.196. The molecule has 0 aliphatic heterocycles. The van der Waals surface area contributed by atoms with Crippen molar-refractivity contribution in [3.63, 3.8) is 0 Å². The van der Waals surface area contributed by atoms with Crippen molar-refractivity contribution in [3.05, 3.63) is 66.3 Å². The largest absolute Gasteiger partial charge is 0.207 e. The van der Waals surface area contributed by atoms with Gasteiger partial charge in [-0.15, -0.1) is 0 Å². The SMILES string of the molecule is [CH2]c1ccccc1-c1ccc(F)cc1C. The maximum absolute atomic E-state index is 12.9. The molecule has 0 aromatic heterocycles. The molecule has 0 nitrogen and oxygen atoms in total. The number of hydrogen-bond donors (Lipinski definition) is 0. The van der Waals surface area contributed by atoms with Crippen molar-refractivity contribution >= 4 is 0 Å². The molecule has 0 amide bonds. The minimum atomic E-state index is -0.196. The standard InChI is InChI=1S/C14H12F/c1-10-5-3-4-6-13(10)14-8-7-12(15)9-11(14)2/h3-9H,1H2,2H3. The summed E-state index contributed by atoms with van der Waals surface area (Å²) in [6, 6.07) is 12.7. The summed E-state index contributed by atoms with van der Waals surface area (Å²) in [5.41, 5.74) is 4.01. The van der Waals surface area contributed by atoms with Gasteiger partial charge in [-0.25, -0.2) is 4.39 Å². The monoisotopic (exact) mass is 199 g/mol. The third-order valence-corrected chi connectivity index (χ3v) is 2.50. The van der Waals surface area contributed by atoms with Crippen LogP contribution < -0.4 is 0 Å². The molecule has 0 saturated carbocycles. The van der Waals surface area contributed by atoms with Crippen LogP contribution in [-0.2, 0) is 0 Å². The van der Waals surface area contributed by atoms with E-state index >= 15 is 0 Å². The highest BCUT2D eigenvalue weighted by Gasteiger charge is 2.04. The van der Waals surface area contributed by atoms with Crippen molar-refractivity contribution in [2.24, 2.45) is 0 Å². The highest BCUT2D eigenvalue weighted by molar-refractivity contribution is 5.71. The van der Waals surface area contributed by atoms with Gasteiger partial charge in [0.1, 0.15) is 5.82 Å². The number of halogens is 1. The molecule has 0 heterocycles. The molecule has 0 unspecified atom stereocenters. The summed E-state index contributed by atoms with van der Waals surface area (Å²) in [4.78, 5) is 0. The molecule has 0 atom stereocenters. The van der Waals surface area contributed by atoms with Crippen molar-refractivity contribution in [3.8, 4) is 11.1 Å². The molecule has 75 valence electrons. The summed E-state index contributed by atoms with van der Waals surface area (Å²) in [5.74, 6) is -0.196. The molecule has 0 aliphatic carbocycles. The third-order valence-electron chi connectivity index (χ3n) is 2.50. The first kappa shape index (κ1) is 9.91. The first-order chi connectivity index (χ1) is 7.18. The number of hydrogen-bond acceptors (Lipinski definition) is 0. The van der Waals surface area contributed by atoms with E-state index in [0.717, 1.165) is 22.3 Å². The van der Waals surface area contributed by atoms with Crippen LogP contribution in [0.4, 0.5) is 4.39 Å². The molecule has 1 heteroatoms. The predicted molar refractivity (Wildman–Crippen MR) is 61.0 cm³/mol. The lowest BCUT2D eigenvalue weighted by atomic mass is 9.97. The molecule has 0 saturated heterocycles. The van der Waals surface area contributed by atoms with E-state index in [1.165, 1.54) is 6.07 Å². The lowest BCUT2D eigenvalue weighted by Crippen LogP contribution is -1.87. The molecule has 2 aromatic carbocycles. The first-order valence-corrected chi connectivity index (χ1v) is 4.86. The zero-order valence-corrected chi connectivity index (χ0v) is 8.63. The quantitative estimate of drug-likeness (QED) is 0.651. The summed E-state index contributed by atoms with van der Waals surface area (Å²) >= 11 is 0. The lowest BCUT2D eigenvalue weighted by molar-refractivity contribution is 0.627. The first-order valence-electron chi connectivity index (χ1n) is 4.86. The number of benzene rings is 2. The van der Waals surface area contributed by atoms with Crippen LogP contribution in [0.1, 0.15) is 11.1 Å². The van der Waals surface area contributed by atoms with Crippen LogP contribution in [0.15, 0.2) is 42.5 Å². The second-order valence-electron chi connectivity index (χ2n) is 3.62. The van der Waals surface area contributed by atoms with Gasteiger partial charge >= 0.3 is 0 Å². The zero-order chi connectivity index (χ0) is 10.8. The molecular formula is C14H12F. The fourth-order valence-corrected chi connectivity index (χ4v) is 1.71. The van der Waals surface area contributed by atoms with Gasteiger partial charge in [-0.1, -0.05) is 30.3 Å². The van der Waals surface area contributed by atoms with Crippen LogP contribution >= 0.6 is 0 Å². The van der Waals surface area contributed by atoms with Crippen LogP contribution in [-0.4, -0.2) is 0 Å². The maximum atomic E-state index is 12.9. The Morgan fingerprint density at radius 3 is 2.40 bits per heavy atom. The predicted octanol–water partition coefficient (Wildman–Crippen LogP) is 3.98. The number of rotatable bonds is 1. The molecule has 1 radical (unpaired) electrons. The Morgan fingerprint density at radius 2 is 1.73 bits per heavy atom. The van der Waals surface area contributed by atoms with Crippen LogP contribution in [0.5, 0.6) is 0 Å². The second kappa shape index (κ2) is 3.85. The summed E-state index contributed by atoms with van der Waals surface area (Å²) < 4.78 is 12.9. The number of aryl methyl sites for hydroxylation is 1. The minimum Gasteiger partial charge on any atom is -0.207 e. The fraction of sp³-hybridized carbons (Fsp3) is 0.0714. The van der Waals surface area contributed by atoms with Gasteiger partial charge in [0.25, 0.3) is 0 Å². The van der Waals surface area contributed by atoms with E-state index in [9.17, 15) is 4.39 Å². The van der Waals surface area contributed by atoms with E-state index in [4.69, 9.17) is 0 Å². The van der Waals surface area contributed by atoms with Crippen molar-refractivity contribution in [2.75, 3.05) is 0 Å². The summed E-state index contributed by atoms with van der Waals surface area (Å²) in [6.45, 7) is 5.87. The Balaban J connectivity index is 2.60. The second-order valence-corrected chi connectivity index (χ2v) is 3.62. The van der Waals surface area contributed by atoms with Gasteiger partial charge in [-0.2, -0.15) is 0 Å². The molecule has 2 aromatic rings. The highest BCUT2D eigenvalue weighted by atomic mass is 19.1. The van der Waals surface area contributed by atoms with Crippen molar-refractivity contribution in [1.82, 2.24) is 0 Å². The molecule has 2 rings (SSSR count). The maximum Gasteiger partial charge on any atom is 0.123 e.